The molecule has 4 nitrogen and oxygen atoms in total. The number of hydrogen-bond acceptors (Lipinski definition) is 4. The van der Waals surface area contributed by atoms with Gasteiger partial charge in [0, 0.05) is 5.56 Å². The van der Waals surface area contributed by atoms with Crippen LogP contribution in [0.3, 0.4) is 0 Å². The van der Waals surface area contributed by atoms with Gasteiger partial charge in [0.1, 0.15) is 23.9 Å². The van der Waals surface area contributed by atoms with Crippen molar-refractivity contribution >= 4 is 6.29 Å². The fourth-order valence-electron chi connectivity index (χ4n) is 1.59. The van der Waals surface area contributed by atoms with Crippen molar-refractivity contribution < 1.29 is 14.6 Å². The maximum Gasteiger partial charge on any atom is 0.150 e. The number of ether oxygens (including phenoxy) is 1. The van der Waals surface area contributed by atoms with E-state index in [0.29, 0.717) is 28.9 Å². The molecule has 0 heterocycles. The van der Waals surface area contributed by atoms with Gasteiger partial charge in [-0.15, -0.1) is 0 Å². The van der Waals surface area contributed by atoms with Gasteiger partial charge in [-0.2, -0.15) is 5.26 Å². The summed E-state index contributed by atoms with van der Waals surface area (Å²) in [5, 5.41) is 18.0. The zero-order valence-electron chi connectivity index (χ0n) is 10.0. The van der Waals surface area contributed by atoms with Gasteiger partial charge in [-0.05, 0) is 35.9 Å². The van der Waals surface area contributed by atoms with Crippen molar-refractivity contribution in [2.75, 3.05) is 0 Å². The lowest BCUT2D eigenvalue weighted by Crippen LogP contribution is -1.91. The van der Waals surface area contributed by atoms with Gasteiger partial charge in [-0.25, -0.2) is 0 Å². The van der Waals surface area contributed by atoms with E-state index < -0.39 is 0 Å². The van der Waals surface area contributed by atoms with Gasteiger partial charge >= 0.3 is 0 Å². The van der Waals surface area contributed by atoms with E-state index in [1.165, 1.54) is 6.07 Å². The number of benzene rings is 2. The third-order valence-electron chi connectivity index (χ3n) is 2.59. The van der Waals surface area contributed by atoms with Gasteiger partial charge in [0.05, 0.1) is 12.2 Å². The molecule has 0 fully saturated rings. The number of aldehydes is 1. The Morgan fingerprint density at radius 2 is 1.95 bits per heavy atom. The first-order valence-electron chi connectivity index (χ1n) is 5.64. The highest BCUT2D eigenvalue weighted by atomic mass is 16.5. The minimum absolute atomic E-state index is 0.0300. The van der Waals surface area contributed by atoms with Crippen molar-refractivity contribution in [3.05, 3.63) is 59.2 Å². The average Bonchev–Trinajstić information content (AvgIpc) is 2.48. The molecular weight excluding hydrogens is 242 g/mol. The topological polar surface area (TPSA) is 70.3 Å². The van der Waals surface area contributed by atoms with E-state index in [0.717, 1.165) is 5.56 Å². The Bertz CT molecular complexity index is 627. The van der Waals surface area contributed by atoms with Crippen molar-refractivity contribution in [1.82, 2.24) is 0 Å². The van der Waals surface area contributed by atoms with Gasteiger partial charge in [0.25, 0.3) is 0 Å². The largest absolute Gasteiger partial charge is 0.456 e. The first kappa shape index (κ1) is 12.8. The van der Waals surface area contributed by atoms with Crippen LogP contribution in [0.5, 0.6) is 11.5 Å². The summed E-state index contributed by atoms with van der Waals surface area (Å²) >= 11 is 0. The van der Waals surface area contributed by atoms with Crippen molar-refractivity contribution in [3.8, 4) is 17.6 Å². The lowest BCUT2D eigenvalue weighted by molar-refractivity contribution is 0.112. The zero-order valence-corrected chi connectivity index (χ0v) is 10.0. The summed E-state index contributed by atoms with van der Waals surface area (Å²) in [6.45, 7) is -0.0300. The summed E-state index contributed by atoms with van der Waals surface area (Å²) < 4.78 is 5.58. The highest BCUT2D eigenvalue weighted by molar-refractivity contribution is 5.76. The van der Waals surface area contributed by atoms with E-state index in [2.05, 4.69) is 0 Å². The molecule has 2 rings (SSSR count). The Hall–Kier alpha value is -2.64. The van der Waals surface area contributed by atoms with Crippen molar-refractivity contribution in [3.63, 3.8) is 0 Å². The highest BCUT2D eigenvalue weighted by Gasteiger charge is 2.06. The fourth-order valence-corrected chi connectivity index (χ4v) is 1.59. The Morgan fingerprint density at radius 3 is 2.53 bits per heavy atom. The predicted molar refractivity (Wildman–Crippen MR) is 69.0 cm³/mol. The number of nitrogens with zero attached hydrogens (tertiary/aromatic N) is 1. The smallest absolute Gasteiger partial charge is 0.150 e. The normalized spacial score (nSPS) is 9.68. The van der Waals surface area contributed by atoms with Crippen LogP contribution in [0.1, 0.15) is 21.5 Å². The molecule has 2 aromatic carbocycles. The summed E-state index contributed by atoms with van der Waals surface area (Å²) in [6.07, 6.45) is 0.681. The molecule has 4 heteroatoms. The van der Waals surface area contributed by atoms with Crippen LogP contribution in [-0.2, 0) is 6.61 Å². The molecule has 2 aromatic rings. The van der Waals surface area contributed by atoms with Crippen LogP contribution >= 0.6 is 0 Å². The first-order valence-corrected chi connectivity index (χ1v) is 5.64. The molecule has 19 heavy (non-hydrogen) atoms. The lowest BCUT2D eigenvalue weighted by Gasteiger charge is -2.08. The molecule has 0 amide bonds. The van der Waals surface area contributed by atoms with Gasteiger partial charge in [0.15, 0.2) is 0 Å². The summed E-state index contributed by atoms with van der Waals surface area (Å²) in [5.74, 6) is 0.956. The molecule has 94 valence electrons. The van der Waals surface area contributed by atoms with E-state index in [1.54, 1.807) is 36.4 Å². The molecule has 0 saturated carbocycles. The third kappa shape index (κ3) is 2.97. The number of hydrogen-bond donors (Lipinski definition) is 1. The van der Waals surface area contributed by atoms with Gasteiger partial charge in [-0.1, -0.05) is 12.1 Å². The summed E-state index contributed by atoms with van der Waals surface area (Å²) in [5.41, 5.74) is 1.51. The van der Waals surface area contributed by atoms with Crippen LogP contribution < -0.4 is 4.74 Å². The Labute approximate surface area is 110 Å². The van der Waals surface area contributed by atoms with Crippen LogP contribution in [0, 0.1) is 11.3 Å². The van der Waals surface area contributed by atoms with Crippen LogP contribution in [0.4, 0.5) is 0 Å². The minimum atomic E-state index is -0.0300. The fraction of sp³-hybridized carbons (Fsp3) is 0.0667. The molecule has 0 unspecified atom stereocenters. The Morgan fingerprint density at radius 1 is 1.21 bits per heavy atom. The van der Waals surface area contributed by atoms with Crippen molar-refractivity contribution in [1.29, 1.82) is 5.26 Å². The van der Waals surface area contributed by atoms with E-state index >= 15 is 0 Å². The molecule has 0 bridgehead atoms. The van der Waals surface area contributed by atoms with Crippen LogP contribution in [0.15, 0.2) is 42.5 Å². The maximum atomic E-state index is 10.6. The number of carbonyl (C=O) groups is 1. The maximum absolute atomic E-state index is 10.6. The average molecular weight is 253 g/mol. The highest BCUT2D eigenvalue weighted by Crippen LogP contribution is 2.25. The van der Waals surface area contributed by atoms with Gasteiger partial charge < -0.3 is 9.84 Å². The van der Waals surface area contributed by atoms with Crippen LogP contribution in [0.2, 0.25) is 0 Å². The minimum Gasteiger partial charge on any atom is -0.456 e. The monoisotopic (exact) mass is 253 g/mol. The number of carbonyl (C=O) groups excluding carboxylic acids is 1. The van der Waals surface area contributed by atoms with Crippen LogP contribution in [-0.4, -0.2) is 11.4 Å². The quantitative estimate of drug-likeness (QED) is 0.850. The summed E-state index contributed by atoms with van der Waals surface area (Å²) in [7, 11) is 0. The second kappa shape index (κ2) is 5.80. The second-order valence-corrected chi connectivity index (χ2v) is 3.89. The van der Waals surface area contributed by atoms with Gasteiger partial charge in [0.2, 0.25) is 0 Å². The van der Waals surface area contributed by atoms with Gasteiger partial charge in [-0.3, -0.25) is 4.79 Å². The Kier molecular flexibility index (Phi) is 3.91. The second-order valence-electron chi connectivity index (χ2n) is 3.89. The van der Waals surface area contributed by atoms with E-state index in [-0.39, 0.29) is 6.61 Å². The molecule has 0 spiro atoms. The molecule has 0 aromatic heterocycles. The molecule has 0 atom stereocenters. The summed E-state index contributed by atoms with van der Waals surface area (Å²) in [4.78, 5) is 10.6. The van der Waals surface area contributed by atoms with E-state index in [9.17, 15) is 4.79 Å². The molecule has 0 radical (unpaired) electrons. The third-order valence-corrected chi connectivity index (χ3v) is 2.59. The van der Waals surface area contributed by atoms with Crippen LogP contribution in [0.25, 0.3) is 0 Å². The van der Waals surface area contributed by atoms with Crippen molar-refractivity contribution in [2.45, 2.75) is 6.61 Å². The van der Waals surface area contributed by atoms with Crippen molar-refractivity contribution in [2.24, 2.45) is 0 Å². The molecule has 0 aliphatic carbocycles. The standard InChI is InChI=1S/C15H11NO3/c16-8-13-7-12(10-18)3-6-15(13)19-14-4-1-11(9-17)2-5-14/h1-7,10,17H,9H2. The molecule has 1 N–H and O–H groups in total. The Balaban J connectivity index is 2.27. The zero-order chi connectivity index (χ0) is 13.7. The summed E-state index contributed by atoms with van der Waals surface area (Å²) in [6, 6.07) is 13.5. The molecular formula is C15H11NO3. The predicted octanol–water partition coefficient (Wildman–Crippen LogP) is 2.66. The number of aliphatic hydroxyl groups is 1. The first-order chi connectivity index (χ1) is 9.26. The molecule has 0 aliphatic rings. The van der Waals surface area contributed by atoms with E-state index in [4.69, 9.17) is 15.1 Å². The molecule has 0 aliphatic heterocycles. The lowest BCUT2D eigenvalue weighted by atomic mass is 10.1. The number of rotatable bonds is 4. The van der Waals surface area contributed by atoms with E-state index in [1.807, 2.05) is 6.07 Å². The number of nitriles is 1. The number of aliphatic hydroxyl groups excluding tert-OH is 1. The molecule has 0 saturated heterocycles. The SMILES string of the molecule is N#Cc1cc(C=O)ccc1Oc1ccc(CO)cc1.